The Morgan fingerprint density at radius 2 is 2.28 bits per heavy atom. The van der Waals surface area contributed by atoms with Gasteiger partial charge in [0.15, 0.2) is 0 Å². The van der Waals surface area contributed by atoms with Gasteiger partial charge in [0.2, 0.25) is 0 Å². The summed E-state index contributed by atoms with van der Waals surface area (Å²) in [6.07, 6.45) is 4.23. The number of benzene rings is 1. The van der Waals surface area contributed by atoms with Crippen molar-refractivity contribution in [3.63, 3.8) is 0 Å². The Kier molecular flexibility index (Phi) is 4.00. The summed E-state index contributed by atoms with van der Waals surface area (Å²) in [5.74, 6) is 0.362. The zero-order chi connectivity index (χ0) is 13.0. The van der Waals surface area contributed by atoms with E-state index in [-0.39, 0.29) is 5.82 Å². The van der Waals surface area contributed by atoms with Crippen molar-refractivity contribution in [3.8, 4) is 6.07 Å². The fourth-order valence-electron chi connectivity index (χ4n) is 1.74. The first kappa shape index (κ1) is 12.7. The van der Waals surface area contributed by atoms with Crippen molar-refractivity contribution in [1.82, 2.24) is 9.55 Å². The second kappa shape index (κ2) is 5.69. The Morgan fingerprint density at radius 3 is 2.94 bits per heavy atom. The molecule has 1 heterocycles. The number of aryl methyl sites for hydroxylation is 1. The van der Waals surface area contributed by atoms with E-state index in [1.807, 2.05) is 10.6 Å². The number of nitrogens with zero attached hydrogens (tertiary/aromatic N) is 3. The zero-order valence-corrected chi connectivity index (χ0v) is 10.6. The van der Waals surface area contributed by atoms with E-state index in [1.165, 1.54) is 6.07 Å². The first-order valence-electron chi connectivity index (χ1n) is 5.53. The van der Waals surface area contributed by atoms with Gasteiger partial charge in [0.1, 0.15) is 5.82 Å². The molecule has 0 aliphatic heterocycles. The maximum atomic E-state index is 13.7. The third kappa shape index (κ3) is 2.71. The molecule has 0 saturated heterocycles. The molecule has 0 bridgehead atoms. The number of hydrogen-bond acceptors (Lipinski definition) is 3. The molecular formula is C13H12FN3S. The lowest BCUT2D eigenvalue weighted by Gasteiger charge is -2.08. The summed E-state index contributed by atoms with van der Waals surface area (Å²) < 4.78 is 15.6. The van der Waals surface area contributed by atoms with Crippen molar-refractivity contribution in [2.75, 3.05) is 5.75 Å². The van der Waals surface area contributed by atoms with Gasteiger partial charge >= 0.3 is 0 Å². The molecule has 0 aliphatic carbocycles. The number of rotatable bonds is 4. The number of thiol groups is 1. The molecule has 18 heavy (non-hydrogen) atoms. The number of nitriles is 1. The highest BCUT2D eigenvalue weighted by molar-refractivity contribution is 7.80. The summed E-state index contributed by atoms with van der Waals surface area (Å²) in [7, 11) is 0. The maximum absolute atomic E-state index is 13.7. The fraction of sp³-hybridized carbons (Fsp3) is 0.231. The second-order valence-corrected chi connectivity index (χ2v) is 4.35. The second-order valence-electron chi connectivity index (χ2n) is 3.90. The lowest BCUT2D eigenvalue weighted by Crippen LogP contribution is -2.05. The first-order valence-corrected chi connectivity index (χ1v) is 6.16. The van der Waals surface area contributed by atoms with Crippen molar-refractivity contribution in [2.24, 2.45) is 0 Å². The quantitative estimate of drug-likeness (QED) is 0.859. The van der Waals surface area contributed by atoms with Crippen LogP contribution >= 0.6 is 12.6 Å². The van der Waals surface area contributed by atoms with Crippen molar-refractivity contribution < 1.29 is 4.39 Å². The number of halogens is 1. The molecule has 0 saturated carbocycles. The highest BCUT2D eigenvalue weighted by Gasteiger charge is 2.07. The minimum absolute atomic E-state index is 0.331. The maximum Gasteiger partial charge on any atom is 0.129 e. The molecule has 1 aromatic carbocycles. The van der Waals surface area contributed by atoms with Crippen LogP contribution in [-0.2, 0) is 13.0 Å². The average Bonchev–Trinajstić information content (AvgIpc) is 2.80. The SMILES string of the molecule is N#Cc1ccc(Cn2cncc2CCS)c(F)c1. The zero-order valence-electron chi connectivity index (χ0n) is 9.67. The van der Waals surface area contributed by atoms with Crippen LogP contribution in [-0.4, -0.2) is 15.3 Å². The van der Waals surface area contributed by atoms with Crippen LogP contribution in [0.25, 0.3) is 0 Å². The predicted molar refractivity (Wildman–Crippen MR) is 70.0 cm³/mol. The molecule has 0 N–H and O–H groups in total. The lowest BCUT2D eigenvalue weighted by atomic mass is 10.1. The van der Waals surface area contributed by atoms with E-state index in [0.717, 1.165) is 17.9 Å². The standard InChI is InChI=1S/C13H12FN3S/c14-13-5-10(6-15)1-2-11(13)8-17-9-16-7-12(17)3-4-18/h1-2,5,7,9,18H,3-4,8H2. The lowest BCUT2D eigenvalue weighted by molar-refractivity contribution is 0.595. The van der Waals surface area contributed by atoms with Gasteiger partial charge in [-0.2, -0.15) is 17.9 Å². The van der Waals surface area contributed by atoms with Crippen LogP contribution in [0.1, 0.15) is 16.8 Å². The van der Waals surface area contributed by atoms with E-state index < -0.39 is 0 Å². The van der Waals surface area contributed by atoms with Gasteiger partial charge in [-0.15, -0.1) is 0 Å². The molecule has 0 amide bonds. The van der Waals surface area contributed by atoms with Gasteiger partial charge in [-0.25, -0.2) is 9.37 Å². The molecule has 2 rings (SSSR count). The van der Waals surface area contributed by atoms with Crippen LogP contribution < -0.4 is 0 Å². The van der Waals surface area contributed by atoms with Crippen molar-refractivity contribution >= 4 is 12.6 Å². The normalized spacial score (nSPS) is 10.3. The highest BCUT2D eigenvalue weighted by Crippen LogP contribution is 2.13. The third-order valence-corrected chi connectivity index (χ3v) is 2.91. The van der Waals surface area contributed by atoms with Crippen LogP contribution in [0.15, 0.2) is 30.7 Å². The summed E-state index contributed by atoms with van der Waals surface area (Å²) in [4.78, 5) is 4.05. The molecule has 3 nitrogen and oxygen atoms in total. The predicted octanol–water partition coefficient (Wildman–Crippen LogP) is 2.41. The van der Waals surface area contributed by atoms with Gasteiger partial charge in [0.25, 0.3) is 0 Å². The average molecular weight is 261 g/mol. The van der Waals surface area contributed by atoms with Crippen LogP contribution in [0.2, 0.25) is 0 Å². The molecule has 1 aromatic heterocycles. The van der Waals surface area contributed by atoms with Crippen molar-refractivity contribution in [3.05, 3.63) is 53.4 Å². The van der Waals surface area contributed by atoms with E-state index in [9.17, 15) is 4.39 Å². The number of imidazole rings is 1. The minimum atomic E-state index is -0.362. The third-order valence-electron chi connectivity index (χ3n) is 2.69. The Morgan fingerprint density at radius 1 is 1.44 bits per heavy atom. The molecule has 92 valence electrons. The van der Waals surface area contributed by atoms with Crippen molar-refractivity contribution in [1.29, 1.82) is 5.26 Å². The Hall–Kier alpha value is -1.80. The van der Waals surface area contributed by atoms with Gasteiger partial charge in [-0.05, 0) is 24.3 Å². The van der Waals surface area contributed by atoms with E-state index in [1.54, 1.807) is 24.7 Å². The number of aromatic nitrogens is 2. The van der Waals surface area contributed by atoms with E-state index >= 15 is 0 Å². The van der Waals surface area contributed by atoms with Crippen LogP contribution in [0.5, 0.6) is 0 Å². The smallest absolute Gasteiger partial charge is 0.129 e. The summed E-state index contributed by atoms with van der Waals surface area (Å²) in [6.45, 7) is 0.417. The molecule has 0 spiro atoms. The number of hydrogen-bond donors (Lipinski definition) is 1. The molecule has 0 radical (unpaired) electrons. The van der Waals surface area contributed by atoms with E-state index in [0.29, 0.717) is 17.7 Å². The molecule has 0 fully saturated rings. The Labute approximate surface area is 110 Å². The molecule has 2 aromatic rings. The van der Waals surface area contributed by atoms with Gasteiger partial charge in [-0.1, -0.05) is 6.07 Å². The van der Waals surface area contributed by atoms with Gasteiger partial charge in [-0.3, -0.25) is 0 Å². The fourth-order valence-corrected chi connectivity index (χ4v) is 1.97. The molecule has 5 heteroatoms. The monoisotopic (exact) mass is 261 g/mol. The van der Waals surface area contributed by atoms with E-state index in [2.05, 4.69) is 17.6 Å². The molecule has 0 aliphatic rings. The Balaban J connectivity index is 2.23. The van der Waals surface area contributed by atoms with E-state index in [4.69, 9.17) is 5.26 Å². The molecule has 0 atom stereocenters. The summed E-state index contributed by atoms with van der Waals surface area (Å²) in [5.41, 5.74) is 1.90. The Bertz CT molecular complexity index is 586. The first-order chi connectivity index (χ1) is 8.74. The topological polar surface area (TPSA) is 41.6 Å². The van der Waals surface area contributed by atoms with Crippen LogP contribution in [0.3, 0.4) is 0 Å². The molecule has 0 unspecified atom stereocenters. The van der Waals surface area contributed by atoms with Crippen LogP contribution in [0, 0.1) is 17.1 Å². The largest absolute Gasteiger partial charge is 0.330 e. The highest BCUT2D eigenvalue weighted by atomic mass is 32.1. The van der Waals surface area contributed by atoms with Crippen molar-refractivity contribution in [2.45, 2.75) is 13.0 Å². The van der Waals surface area contributed by atoms with Crippen LogP contribution in [0.4, 0.5) is 4.39 Å². The molecular weight excluding hydrogens is 249 g/mol. The summed E-state index contributed by atoms with van der Waals surface area (Å²) >= 11 is 4.18. The van der Waals surface area contributed by atoms with Gasteiger partial charge in [0.05, 0.1) is 24.5 Å². The van der Waals surface area contributed by atoms with Gasteiger partial charge < -0.3 is 4.57 Å². The summed E-state index contributed by atoms with van der Waals surface area (Å²) in [6, 6.07) is 6.43. The summed E-state index contributed by atoms with van der Waals surface area (Å²) in [5, 5.41) is 8.68. The minimum Gasteiger partial charge on any atom is -0.330 e. The van der Waals surface area contributed by atoms with Gasteiger partial charge in [0, 0.05) is 17.5 Å².